The van der Waals surface area contributed by atoms with E-state index in [1.807, 2.05) is 13.1 Å². The number of hydrogen-bond acceptors (Lipinski definition) is 3. The lowest BCUT2D eigenvalue weighted by Gasteiger charge is -2.10. The van der Waals surface area contributed by atoms with Crippen molar-refractivity contribution in [2.24, 2.45) is 0 Å². The second-order valence-corrected chi connectivity index (χ2v) is 5.44. The fourth-order valence-electron chi connectivity index (χ4n) is 1.28. The Balaban J connectivity index is 2.45. The van der Waals surface area contributed by atoms with E-state index in [1.54, 1.807) is 12.1 Å². The Bertz CT molecular complexity index is 387. The Morgan fingerprint density at radius 3 is 2.72 bits per heavy atom. The number of thioether (sulfide) groups is 1. The van der Waals surface area contributed by atoms with Crippen LogP contribution in [0, 0.1) is 0 Å². The van der Waals surface area contributed by atoms with E-state index in [9.17, 15) is 13.2 Å². The molecule has 1 aromatic rings. The van der Waals surface area contributed by atoms with Crippen molar-refractivity contribution >= 4 is 27.7 Å². The van der Waals surface area contributed by atoms with E-state index in [4.69, 9.17) is 4.74 Å². The molecule has 0 atom stereocenters. The standard InChI is InChI=1S/C11H13BrF3NOS/c1-16-7-8-6-9(2-3-10(8)12)17-4-5-18-11(13,14)15/h2-3,6,16H,4-5,7H2,1H3. The first-order valence-corrected chi connectivity index (χ1v) is 6.97. The summed E-state index contributed by atoms with van der Waals surface area (Å²) in [6.45, 7) is 0.694. The summed E-state index contributed by atoms with van der Waals surface area (Å²) in [5.74, 6) is 0.465. The van der Waals surface area contributed by atoms with E-state index in [-0.39, 0.29) is 24.1 Å². The highest BCUT2D eigenvalue weighted by atomic mass is 79.9. The molecule has 0 aliphatic heterocycles. The van der Waals surface area contributed by atoms with Crippen LogP contribution in [0.2, 0.25) is 0 Å². The van der Waals surface area contributed by atoms with Crippen LogP contribution in [0.25, 0.3) is 0 Å². The topological polar surface area (TPSA) is 21.3 Å². The molecule has 0 aliphatic rings. The molecule has 0 amide bonds. The smallest absolute Gasteiger partial charge is 0.441 e. The van der Waals surface area contributed by atoms with E-state index in [0.29, 0.717) is 12.3 Å². The maximum absolute atomic E-state index is 11.9. The molecule has 18 heavy (non-hydrogen) atoms. The molecule has 7 heteroatoms. The molecule has 0 aliphatic carbocycles. The van der Waals surface area contributed by atoms with Crippen LogP contribution in [0.5, 0.6) is 5.75 Å². The van der Waals surface area contributed by atoms with E-state index in [2.05, 4.69) is 21.2 Å². The van der Waals surface area contributed by atoms with Gasteiger partial charge in [0.1, 0.15) is 5.75 Å². The van der Waals surface area contributed by atoms with E-state index in [1.165, 1.54) is 0 Å². The fraction of sp³-hybridized carbons (Fsp3) is 0.455. The summed E-state index contributed by atoms with van der Waals surface area (Å²) in [4.78, 5) is 0. The molecule has 2 nitrogen and oxygen atoms in total. The maximum atomic E-state index is 11.9. The average Bonchev–Trinajstić information content (AvgIpc) is 2.28. The molecular weight excluding hydrogens is 331 g/mol. The van der Waals surface area contributed by atoms with Gasteiger partial charge in [0.05, 0.1) is 6.61 Å². The number of rotatable bonds is 6. The van der Waals surface area contributed by atoms with Gasteiger partial charge >= 0.3 is 5.51 Å². The summed E-state index contributed by atoms with van der Waals surface area (Å²) in [7, 11) is 1.82. The Morgan fingerprint density at radius 2 is 2.11 bits per heavy atom. The Morgan fingerprint density at radius 1 is 1.39 bits per heavy atom. The summed E-state index contributed by atoms with van der Waals surface area (Å²) in [5.41, 5.74) is -3.20. The summed E-state index contributed by atoms with van der Waals surface area (Å²) in [6.07, 6.45) is 0. The normalized spacial score (nSPS) is 11.6. The highest BCUT2D eigenvalue weighted by molar-refractivity contribution is 9.10. The molecule has 0 radical (unpaired) electrons. The summed E-state index contributed by atoms with van der Waals surface area (Å²) in [5, 5.41) is 3.00. The van der Waals surface area contributed by atoms with Crippen LogP contribution >= 0.6 is 27.7 Å². The minimum atomic E-state index is -4.19. The van der Waals surface area contributed by atoms with E-state index in [0.717, 1.165) is 10.0 Å². The van der Waals surface area contributed by atoms with Crippen molar-refractivity contribution in [3.8, 4) is 5.75 Å². The molecule has 1 rings (SSSR count). The zero-order chi connectivity index (χ0) is 13.6. The Kier molecular flexibility index (Phi) is 6.31. The highest BCUT2D eigenvalue weighted by Gasteiger charge is 2.27. The SMILES string of the molecule is CNCc1cc(OCCSC(F)(F)F)ccc1Br. The van der Waals surface area contributed by atoms with Crippen molar-refractivity contribution in [2.75, 3.05) is 19.4 Å². The quantitative estimate of drug-likeness (QED) is 0.794. The van der Waals surface area contributed by atoms with Crippen LogP contribution in [-0.2, 0) is 6.54 Å². The minimum Gasteiger partial charge on any atom is -0.493 e. The number of nitrogens with one attached hydrogen (secondary N) is 1. The number of alkyl halides is 3. The van der Waals surface area contributed by atoms with Crippen LogP contribution in [0.1, 0.15) is 5.56 Å². The highest BCUT2D eigenvalue weighted by Crippen LogP contribution is 2.30. The van der Waals surface area contributed by atoms with Gasteiger partial charge in [0.15, 0.2) is 0 Å². The fourth-order valence-corrected chi connectivity index (χ4v) is 2.07. The molecule has 1 N–H and O–H groups in total. The van der Waals surface area contributed by atoms with Gasteiger partial charge in [-0.05, 0) is 42.6 Å². The van der Waals surface area contributed by atoms with Crippen molar-refractivity contribution in [1.82, 2.24) is 5.32 Å². The predicted molar refractivity (Wildman–Crippen MR) is 70.9 cm³/mol. The molecule has 1 aromatic carbocycles. The van der Waals surface area contributed by atoms with Gasteiger partial charge in [-0.2, -0.15) is 13.2 Å². The van der Waals surface area contributed by atoms with Crippen LogP contribution < -0.4 is 10.1 Å². The van der Waals surface area contributed by atoms with Crippen molar-refractivity contribution in [1.29, 1.82) is 0 Å². The molecule has 102 valence electrons. The summed E-state index contributed by atoms with van der Waals surface area (Å²) in [6, 6.07) is 5.35. The van der Waals surface area contributed by atoms with Gasteiger partial charge in [-0.25, -0.2) is 0 Å². The molecule has 0 saturated carbocycles. The Labute approximate surface area is 116 Å². The number of halogens is 4. The minimum absolute atomic E-state index is 0.0325. The second-order valence-electron chi connectivity index (χ2n) is 3.43. The van der Waals surface area contributed by atoms with Gasteiger partial charge in [0, 0.05) is 16.8 Å². The molecule has 0 spiro atoms. The summed E-state index contributed by atoms with van der Waals surface area (Å²) >= 11 is 3.31. The molecular formula is C11H13BrF3NOS. The zero-order valence-corrected chi connectivity index (χ0v) is 12.1. The molecule has 0 heterocycles. The molecule has 0 fully saturated rings. The van der Waals surface area contributed by atoms with Gasteiger partial charge in [-0.1, -0.05) is 15.9 Å². The van der Waals surface area contributed by atoms with Crippen molar-refractivity contribution < 1.29 is 17.9 Å². The van der Waals surface area contributed by atoms with Gasteiger partial charge in [0.2, 0.25) is 0 Å². The van der Waals surface area contributed by atoms with Gasteiger partial charge < -0.3 is 10.1 Å². The Hall–Kier alpha value is -0.400. The van der Waals surface area contributed by atoms with Crippen LogP contribution in [0.15, 0.2) is 22.7 Å². The predicted octanol–water partition coefficient (Wildman–Crippen LogP) is 3.80. The maximum Gasteiger partial charge on any atom is 0.441 e. The molecule has 0 unspecified atom stereocenters. The lowest BCUT2D eigenvalue weighted by molar-refractivity contribution is -0.0329. The third-order valence-electron chi connectivity index (χ3n) is 2.00. The van der Waals surface area contributed by atoms with Gasteiger partial charge in [-0.15, -0.1) is 0 Å². The largest absolute Gasteiger partial charge is 0.493 e. The first-order valence-electron chi connectivity index (χ1n) is 5.19. The summed E-state index contributed by atoms with van der Waals surface area (Å²) < 4.78 is 41.9. The van der Waals surface area contributed by atoms with Crippen LogP contribution in [-0.4, -0.2) is 24.9 Å². The van der Waals surface area contributed by atoms with E-state index < -0.39 is 5.51 Å². The van der Waals surface area contributed by atoms with E-state index >= 15 is 0 Å². The third kappa shape index (κ3) is 5.97. The molecule has 0 saturated heterocycles. The van der Waals surface area contributed by atoms with Gasteiger partial charge in [0.25, 0.3) is 0 Å². The number of hydrogen-bond donors (Lipinski definition) is 1. The monoisotopic (exact) mass is 343 g/mol. The third-order valence-corrected chi connectivity index (χ3v) is 3.47. The second kappa shape index (κ2) is 7.25. The average molecular weight is 344 g/mol. The van der Waals surface area contributed by atoms with Crippen LogP contribution in [0.3, 0.4) is 0 Å². The number of benzene rings is 1. The lowest BCUT2D eigenvalue weighted by Crippen LogP contribution is -2.08. The first kappa shape index (κ1) is 15.7. The lowest BCUT2D eigenvalue weighted by atomic mass is 10.2. The zero-order valence-electron chi connectivity index (χ0n) is 9.68. The van der Waals surface area contributed by atoms with Crippen LogP contribution in [0.4, 0.5) is 13.2 Å². The first-order chi connectivity index (χ1) is 8.42. The van der Waals surface area contributed by atoms with Crippen molar-refractivity contribution in [2.45, 2.75) is 12.1 Å². The molecule has 0 bridgehead atoms. The van der Waals surface area contributed by atoms with Crippen molar-refractivity contribution in [3.63, 3.8) is 0 Å². The molecule has 0 aromatic heterocycles. The van der Waals surface area contributed by atoms with Gasteiger partial charge in [-0.3, -0.25) is 0 Å². The number of ether oxygens (including phenoxy) is 1. The van der Waals surface area contributed by atoms with Crippen molar-refractivity contribution in [3.05, 3.63) is 28.2 Å².